The molecule has 0 spiro atoms. The van der Waals surface area contributed by atoms with E-state index in [1.165, 1.54) is 29.0 Å². The molecule has 0 saturated carbocycles. The Hall–Kier alpha value is -2.58. The third kappa shape index (κ3) is 5.31. The minimum Gasteiger partial charge on any atom is -0.298 e. The summed E-state index contributed by atoms with van der Waals surface area (Å²) in [7, 11) is 0. The molecule has 8 heteroatoms. The van der Waals surface area contributed by atoms with Crippen LogP contribution in [0.25, 0.3) is 0 Å². The van der Waals surface area contributed by atoms with E-state index in [-0.39, 0.29) is 33.6 Å². The summed E-state index contributed by atoms with van der Waals surface area (Å²) in [5.74, 6) is -0.397. The number of aromatic nitrogens is 1. The quantitative estimate of drug-likeness (QED) is 0.347. The molecule has 30 heavy (non-hydrogen) atoms. The third-order valence-corrected chi connectivity index (χ3v) is 5.55. The molecule has 0 aliphatic carbocycles. The molecule has 1 aromatic heterocycles. The topological polar surface area (TPSA) is 85.1 Å². The van der Waals surface area contributed by atoms with Crippen molar-refractivity contribution in [3.8, 4) is 0 Å². The summed E-state index contributed by atoms with van der Waals surface area (Å²) in [6.45, 7) is 7.85. The van der Waals surface area contributed by atoms with Gasteiger partial charge in [-0.1, -0.05) is 57.2 Å². The van der Waals surface area contributed by atoms with Crippen LogP contribution in [-0.4, -0.2) is 15.8 Å². The van der Waals surface area contributed by atoms with Gasteiger partial charge in [-0.2, -0.15) is 0 Å². The molecule has 0 atom stereocenters. The largest absolute Gasteiger partial charge is 0.298 e. The fraction of sp³-hybridized carbons (Fsp3) is 0.273. The molecule has 6 nitrogen and oxygen atoms in total. The van der Waals surface area contributed by atoms with Crippen molar-refractivity contribution in [3.05, 3.63) is 85.9 Å². The van der Waals surface area contributed by atoms with Gasteiger partial charge in [-0.05, 0) is 18.6 Å². The van der Waals surface area contributed by atoms with Crippen molar-refractivity contribution in [3.63, 3.8) is 0 Å². The number of amides is 1. The summed E-state index contributed by atoms with van der Waals surface area (Å²) in [6, 6.07) is 14.6. The highest BCUT2D eigenvalue weighted by atomic mass is 79.9. The molecule has 0 fully saturated rings. The maximum absolute atomic E-state index is 12.8. The summed E-state index contributed by atoms with van der Waals surface area (Å²) >= 11 is 1.44. The maximum Gasteiger partial charge on any atom is 0.273 e. The lowest BCUT2D eigenvalue weighted by atomic mass is 9.90. The monoisotopic (exact) mass is 489 g/mol. The molecule has 0 radical (unpaired) electrons. The Bertz CT molecular complexity index is 1060. The molecular formula is C22H24BrN3O3S. The number of carbonyl (C=O) groups is 1. The van der Waals surface area contributed by atoms with Crippen LogP contribution in [0, 0.1) is 17.0 Å². The van der Waals surface area contributed by atoms with E-state index in [2.05, 4.69) is 43.2 Å². The number of halogens is 1. The van der Waals surface area contributed by atoms with Crippen LogP contribution in [0.3, 0.4) is 0 Å². The summed E-state index contributed by atoms with van der Waals surface area (Å²) in [5.41, 5.74) is 2.48. The minimum atomic E-state index is -0.481. The third-order valence-electron chi connectivity index (χ3n) is 4.58. The van der Waals surface area contributed by atoms with Gasteiger partial charge < -0.3 is 0 Å². The molecule has 0 aliphatic rings. The van der Waals surface area contributed by atoms with E-state index >= 15 is 0 Å². The lowest BCUT2D eigenvalue weighted by Gasteiger charge is -2.17. The van der Waals surface area contributed by atoms with E-state index in [1.54, 1.807) is 13.0 Å². The van der Waals surface area contributed by atoms with Gasteiger partial charge in [-0.25, -0.2) is 4.98 Å². The predicted octanol–water partition coefficient (Wildman–Crippen LogP) is 6.08. The zero-order valence-electron chi connectivity index (χ0n) is 17.3. The summed E-state index contributed by atoms with van der Waals surface area (Å²) in [4.78, 5) is 29.2. The van der Waals surface area contributed by atoms with Gasteiger partial charge in [0.05, 0.1) is 10.6 Å². The van der Waals surface area contributed by atoms with Gasteiger partial charge in [0.2, 0.25) is 0 Å². The van der Waals surface area contributed by atoms with Gasteiger partial charge in [-0.15, -0.1) is 28.3 Å². The molecule has 1 heterocycles. The Morgan fingerprint density at radius 2 is 1.80 bits per heavy atom. The smallest absolute Gasteiger partial charge is 0.273 e. The van der Waals surface area contributed by atoms with E-state index < -0.39 is 10.8 Å². The molecule has 1 N–H and O–H groups in total. The summed E-state index contributed by atoms with van der Waals surface area (Å²) in [5, 5.41) is 14.5. The van der Waals surface area contributed by atoms with Crippen LogP contribution in [-0.2, 0) is 11.8 Å². The van der Waals surface area contributed by atoms with Crippen LogP contribution >= 0.6 is 28.3 Å². The molecular weight excluding hydrogens is 466 g/mol. The van der Waals surface area contributed by atoms with E-state index in [9.17, 15) is 14.9 Å². The van der Waals surface area contributed by atoms with E-state index in [0.29, 0.717) is 10.7 Å². The lowest BCUT2D eigenvalue weighted by Crippen LogP contribution is -2.16. The van der Waals surface area contributed by atoms with Crippen LogP contribution < -0.4 is 5.32 Å². The van der Waals surface area contributed by atoms with Gasteiger partial charge in [-0.3, -0.25) is 20.2 Å². The highest BCUT2D eigenvalue weighted by Gasteiger charge is 2.25. The molecule has 3 aromatic rings. The zero-order valence-corrected chi connectivity index (χ0v) is 19.8. The lowest BCUT2D eigenvalue weighted by molar-refractivity contribution is -0.385. The van der Waals surface area contributed by atoms with Gasteiger partial charge in [0.15, 0.2) is 5.13 Å². The number of rotatable bonds is 5. The van der Waals surface area contributed by atoms with Gasteiger partial charge >= 0.3 is 0 Å². The normalized spacial score (nSPS) is 10.9. The number of nitrogens with one attached hydrogen (secondary N) is 1. The number of nitro benzene ring substituents is 1. The first-order valence-electron chi connectivity index (χ1n) is 9.26. The Balaban J connectivity index is 0.00000320. The Morgan fingerprint density at radius 3 is 2.40 bits per heavy atom. The summed E-state index contributed by atoms with van der Waals surface area (Å²) in [6.07, 6.45) is 0.733. The molecule has 2 aromatic carbocycles. The number of hydrogen-bond donors (Lipinski definition) is 1. The first-order chi connectivity index (χ1) is 13.7. The van der Waals surface area contributed by atoms with Crippen molar-refractivity contribution < 1.29 is 9.72 Å². The molecule has 1 amide bonds. The number of nitro groups is 1. The predicted molar refractivity (Wildman–Crippen MR) is 126 cm³/mol. The highest BCUT2D eigenvalue weighted by molar-refractivity contribution is 8.93. The second-order valence-electron chi connectivity index (χ2n) is 7.86. The highest BCUT2D eigenvalue weighted by Crippen LogP contribution is 2.34. The molecule has 0 aliphatic heterocycles. The van der Waals surface area contributed by atoms with Gasteiger partial charge in [0, 0.05) is 33.9 Å². The van der Waals surface area contributed by atoms with Crippen molar-refractivity contribution in [1.29, 1.82) is 0 Å². The molecule has 3 rings (SSSR count). The van der Waals surface area contributed by atoms with Crippen molar-refractivity contribution in [1.82, 2.24) is 4.98 Å². The van der Waals surface area contributed by atoms with E-state index in [0.717, 1.165) is 17.0 Å². The summed E-state index contributed by atoms with van der Waals surface area (Å²) < 4.78 is 0. The molecule has 158 valence electrons. The molecule has 0 unspecified atom stereocenters. The van der Waals surface area contributed by atoms with Crippen LogP contribution in [0.1, 0.15) is 52.8 Å². The minimum absolute atomic E-state index is 0. The van der Waals surface area contributed by atoms with E-state index in [4.69, 9.17) is 0 Å². The van der Waals surface area contributed by atoms with Crippen LogP contribution in [0.4, 0.5) is 10.8 Å². The van der Waals surface area contributed by atoms with Crippen molar-refractivity contribution in [2.45, 2.75) is 39.5 Å². The first-order valence-corrected chi connectivity index (χ1v) is 10.1. The van der Waals surface area contributed by atoms with Crippen molar-refractivity contribution in [2.24, 2.45) is 0 Å². The fourth-order valence-corrected chi connectivity index (χ4v) is 4.33. The Kier molecular flexibility index (Phi) is 7.49. The van der Waals surface area contributed by atoms with Gasteiger partial charge in [0.1, 0.15) is 0 Å². The SMILES string of the molecule is Br.Cc1c(C(=O)Nc2nc(C(C)(C)C)c(Cc3ccccc3)s2)cccc1[N+](=O)[O-]. The number of hydrogen-bond acceptors (Lipinski definition) is 5. The Morgan fingerprint density at radius 1 is 1.13 bits per heavy atom. The zero-order chi connectivity index (χ0) is 21.2. The number of carbonyl (C=O) groups excluding carboxylic acids is 1. The Labute approximate surface area is 190 Å². The first kappa shape index (κ1) is 23.7. The number of nitrogens with zero attached hydrogens (tertiary/aromatic N) is 2. The maximum atomic E-state index is 12.8. The number of anilines is 1. The molecule has 0 bridgehead atoms. The van der Waals surface area contributed by atoms with Crippen molar-refractivity contribution in [2.75, 3.05) is 5.32 Å². The average molecular weight is 490 g/mol. The van der Waals surface area contributed by atoms with Crippen molar-refractivity contribution >= 4 is 45.0 Å². The second kappa shape index (κ2) is 9.49. The van der Waals surface area contributed by atoms with Gasteiger partial charge in [0.25, 0.3) is 11.6 Å². The van der Waals surface area contributed by atoms with Crippen LogP contribution in [0.5, 0.6) is 0 Å². The number of thiazole rings is 1. The van der Waals surface area contributed by atoms with E-state index in [1.807, 2.05) is 18.2 Å². The molecule has 0 saturated heterocycles. The van der Waals surface area contributed by atoms with Crippen LogP contribution in [0.2, 0.25) is 0 Å². The number of benzene rings is 2. The standard InChI is InChI=1S/C22H23N3O3S.BrH/c1-14-16(11-8-12-17(14)25(27)28)20(26)24-21-23-19(22(2,3)4)18(29-21)13-15-9-6-5-7-10-15;/h5-12H,13H2,1-4H3,(H,23,24,26);1H. The second-order valence-corrected chi connectivity index (χ2v) is 8.95. The fourth-order valence-electron chi connectivity index (χ4n) is 3.12. The average Bonchev–Trinajstić information content (AvgIpc) is 3.05. The van der Waals surface area contributed by atoms with Crippen LogP contribution in [0.15, 0.2) is 48.5 Å².